The number of nitrogens with zero attached hydrogens (tertiary/aromatic N) is 1. The zero-order valence-corrected chi connectivity index (χ0v) is 18.7. The van der Waals surface area contributed by atoms with Crippen molar-refractivity contribution in [3.8, 4) is 11.1 Å². The van der Waals surface area contributed by atoms with E-state index in [0.717, 1.165) is 22.3 Å². The first kappa shape index (κ1) is 22.8. The van der Waals surface area contributed by atoms with E-state index in [2.05, 4.69) is 29.6 Å². The molecule has 1 fully saturated rings. The van der Waals surface area contributed by atoms with Crippen LogP contribution in [0.2, 0.25) is 0 Å². The van der Waals surface area contributed by atoms with E-state index < -0.39 is 17.5 Å². The first-order valence-electron chi connectivity index (χ1n) is 11.0. The average molecular weight is 453 g/mol. The number of carboxylic acids is 1. The van der Waals surface area contributed by atoms with Crippen molar-refractivity contribution in [3.05, 3.63) is 59.7 Å². The number of ether oxygens (including phenoxy) is 2. The van der Waals surface area contributed by atoms with Gasteiger partial charge in [0.25, 0.3) is 0 Å². The maximum atomic E-state index is 12.7. The molecule has 174 valence electrons. The highest BCUT2D eigenvalue weighted by atomic mass is 16.5. The van der Waals surface area contributed by atoms with Crippen molar-refractivity contribution in [1.29, 1.82) is 0 Å². The Hall–Kier alpha value is -3.39. The molecule has 0 unspecified atom stereocenters. The Morgan fingerprint density at radius 1 is 1.03 bits per heavy atom. The molecule has 2 aromatic carbocycles. The second-order valence-electron chi connectivity index (χ2n) is 9.10. The second kappa shape index (κ2) is 9.23. The van der Waals surface area contributed by atoms with Gasteiger partial charge in [-0.15, -0.1) is 0 Å². The monoisotopic (exact) mass is 452 g/mol. The molecule has 0 atom stereocenters. The van der Waals surface area contributed by atoms with Crippen LogP contribution in [-0.2, 0) is 19.1 Å². The van der Waals surface area contributed by atoms with Crippen molar-refractivity contribution in [2.75, 3.05) is 32.8 Å². The van der Waals surface area contributed by atoms with Gasteiger partial charge >= 0.3 is 12.1 Å². The molecule has 0 bridgehead atoms. The lowest BCUT2D eigenvalue weighted by atomic mass is 9.90. The van der Waals surface area contributed by atoms with Gasteiger partial charge in [-0.2, -0.15) is 0 Å². The fourth-order valence-corrected chi connectivity index (χ4v) is 4.34. The number of hydrogen-bond donors (Lipinski definition) is 2. The molecular weight excluding hydrogens is 424 g/mol. The van der Waals surface area contributed by atoms with Crippen molar-refractivity contribution in [2.24, 2.45) is 5.41 Å². The van der Waals surface area contributed by atoms with Gasteiger partial charge in [-0.3, -0.25) is 4.79 Å². The van der Waals surface area contributed by atoms with Gasteiger partial charge < -0.3 is 24.8 Å². The minimum Gasteiger partial charge on any atom is -0.480 e. The summed E-state index contributed by atoms with van der Waals surface area (Å²) in [6, 6.07) is 16.3. The van der Waals surface area contributed by atoms with E-state index in [0.29, 0.717) is 13.1 Å². The fraction of sp³-hybridized carbons (Fsp3) is 0.400. The van der Waals surface area contributed by atoms with Gasteiger partial charge in [0.15, 0.2) is 0 Å². The Morgan fingerprint density at radius 3 is 2.18 bits per heavy atom. The number of rotatable bonds is 8. The lowest BCUT2D eigenvalue weighted by Gasteiger charge is -2.42. The molecule has 1 saturated heterocycles. The van der Waals surface area contributed by atoms with Gasteiger partial charge in [-0.05, 0) is 36.1 Å². The normalized spacial score (nSPS) is 15.4. The maximum absolute atomic E-state index is 12.7. The van der Waals surface area contributed by atoms with Gasteiger partial charge in [0.05, 0.1) is 11.5 Å². The van der Waals surface area contributed by atoms with Crippen LogP contribution >= 0.6 is 0 Å². The summed E-state index contributed by atoms with van der Waals surface area (Å²) in [6.45, 7) is 4.16. The van der Waals surface area contributed by atoms with Crippen LogP contribution in [0.15, 0.2) is 48.5 Å². The van der Waals surface area contributed by atoms with Crippen LogP contribution in [0, 0.1) is 5.41 Å². The number of carbonyl (C=O) groups excluding carboxylic acids is 2. The average Bonchev–Trinajstić information content (AvgIpc) is 3.08. The molecule has 0 saturated carbocycles. The molecule has 0 spiro atoms. The Morgan fingerprint density at radius 2 is 1.61 bits per heavy atom. The molecule has 0 aromatic heterocycles. The number of benzene rings is 2. The van der Waals surface area contributed by atoms with Gasteiger partial charge in [0.1, 0.15) is 13.2 Å². The van der Waals surface area contributed by atoms with Crippen molar-refractivity contribution < 1.29 is 29.0 Å². The highest BCUT2D eigenvalue weighted by Gasteiger charge is 2.39. The van der Waals surface area contributed by atoms with E-state index in [1.807, 2.05) is 24.3 Å². The number of aliphatic carboxylic acids is 1. The highest BCUT2D eigenvalue weighted by molar-refractivity contribution is 5.84. The van der Waals surface area contributed by atoms with Gasteiger partial charge in [0, 0.05) is 25.6 Å². The predicted octanol–water partition coefficient (Wildman–Crippen LogP) is 2.86. The third kappa shape index (κ3) is 4.85. The van der Waals surface area contributed by atoms with Crippen LogP contribution < -0.4 is 5.32 Å². The summed E-state index contributed by atoms with van der Waals surface area (Å²) < 4.78 is 10.7. The van der Waals surface area contributed by atoms with Crippen LogP contribution in [-0.4, -0.2) is 66.9 Å². The van der Waals surface area contributed by atoms with E-state index in [-0.39, 0.29) is 37.7 Å². The highest BCUT2D eigenvalue weighted by Crippen LogP contribution is 2.44. The molecule has 4 rings (SSSR count). The number of hydrogen-bond acceptors (Lipinski definition) is 5. The number of carboxylic acid groups (broad SMARTS) is 1. The van der Waals surface area contributed by atoms with Gasteiger partial charge in [0.2, 0.25) is 5.91 Å². The Kier molecular flexibility index (Phi) is 6.37. The number of fused-ring (bicyclic) bond motifs is 3. The Balaban J connectivity index is 1.27. The van der Waals surface area contributed by atoms with E-state index in [1.54, 1.807) is 18.7 Å². The van der Waals surface area contributed by atoms with Crippen molar-refractivity contribution in [1.82, 2.24) is 10.2 Å². The molecule has 8 heteroatoms. The van der Waals surface area contributed by atoms with Crippen LogP contribution in [0.3, 0.4) is 0 Å². The van der Waals surface area contributed by atoms with Gasteiger partial charge in [-0.1, -0.05) is 48.5 Å². The summed E-state index contributed by atoms with van der Waals surface area (Å²) in [7, 11) is 0. The van der Waals surface area contributed by atoms with E-state index >= 15 is 0 Å². The summed E-state index contributed by atoms with van der Waals surface area (Å²) in [5.74, 6) is -1.19. The summed E-state index contributed by atoms with van der Waals surface area (Å²) in [5, 5.41) is 11.4. The van der Waals surface area contributed by atoms with E-state index in [9.17, 15) is 14.4 Å². The standard InChI is InChI=1S/C25H28N2O6/c1-25(2,23(30)27-11-16(12-27)32-14-22(28)29)15-26-24(31)33-13-21-19-9-5-3-7-17(19)18-8-4-6-10-20(18)21/h3-10,16,21H,11-15H2,1-2H3,(H,26,31)(H,28,29). The summed E-state index contributed by atoms with van der Waals surface area (Å²) in [5.41, 5.74) is 3.77. The van der Waals surface area contributed by atoms with Crippen LogP contribution in [0.4, 0.5) is 4.79 Å². The molecule has 0 radical (unpaired) electrons. The number of alkyl carbamates (subject to hydrolysis) is 1. The minimum absolute atomic E-state index is 0.0263. The third-order valence-electron chi connectivity index (χ3n) is 6.18. The van der Waals surface area contributed by atoms with E-state index in [4.69, 9.17) is 14.6 Å². The smallest absolute Gasteiger partial charge is 0.407 e. The summed E-state index contributed by atoms with van der Waals surface area (Å²) in [6.07, 6.45) is -0.833. The molecule has 33 heavy (non-hydrogen) atoms. The molecule has 1 aliphatic carbocycles. The van der Waals surface area contributed by atoms with Crippen LogP contribution in [0.25, 0.3) is 11.1 Å². The molecule has 1 heterocycles. The first-order valence-corrected chi connectivity index (χ1v) is 11.0. The molecule has 2 amide bonds. The topological polar surface area (TPSA) is 105 Å². The molecule has 8 nitrogen and oxygen atoms in total. The van der Waals surface area contributed by atoms with Gasteiger partial charge in [-0.25, -0.2) is 9.59 Å². The van der Waals surface area contributed by atoms with Crippen LogP contribution in [0.1, 0.15) is 30.9 Å². The molecule has 2 aromatic rings. The van der Waals surface area contributed by atoms with E-state index in [1.165, 1.54) is 0 Å². The van der Waals surface area contributed by atoms with Crippen molar-refractivity contribution in [2.45, 2.75) is 25.9 Å². The number of nitrogens with one attached hydrogen (secondary N) is 1. The quantitative estimate of drug-likeness (QED) is 0.638. The largest absolute Gasteiger partial charge is 0.480 e. The predicted molar refractivity (Wildman–Crippen MR) is 121 cm³/mol. The molecule has 1 aliphatic heterocycles. The van der Waals surface area contributed by atoms with Crippen LogP contribution in [0.5, 0.6) is 0 Å². The lowest BCUT2D eigenvalue weighted by Crippen LogP contribution is -2.59. The number of likely N-dealkylation sites (tertiary alicyclic amines) is 1. The molecule has 2 N–H and O–H groups in total. The SMILES string of the molecule is CC(C)(CNC(=O)OCC1c2ccccc2-c2ccccc21)C(=O)N1CC(OCC(=O)O)C1. The fourth-order valence-electron chi connectivity index (χ4n) is 4.34. The Bertz CT molecular complexity index is 1010. The third-order valence-corrected chi connectivity index (χ3v) is 6.18. The lowest BCUT2D eigenvalue weighted by molar-refractivity contribution is -0.159. The van der Waals surface area contributed by atoms with Crippen molar-refractivity contribution >= 4 is 18.0 Å². The second-order valence-corrected chi connectivity index (χ2v) is 9.10. The zero-order valence-electron chi connectivity index (χ0n) is 18.7. The molecule has 2 aliphatic rings. The zero-order chi connectivity index (χ0) is 23.6. The maximum Gasteiger partial charge on any atom is 0.407 e. The minimum atomic E-state index is -1.03. The number of carbonyl (C=O) groups is 3. The summed E-state index contributed by atoms with van der Waals surface area (Å²) in [4.78, 5) is 37.3. The van der Waals surface area contributed by atoms with Crippen molar-refractivity contribution in [3.63, 3.8) is 0 Å². The number of amides is 2. The molecular formula is C25H28N2O6. The Labute approximate surface area is 192 Å². The first-order chi connectivity index (χ1) is 15.8. The summed E-state index contributed by atoms with van der Waals surface area (Å²) >= 11 is 0.